The summed E-state index contributed by atoms with van der Waals surface area (Å²) < 4.78 is 20.2. The Bertz CT molecular complexity index is 1070. The number of carbonyl (C=O) groups is 1. The van der Waals surface area contributed by atoms with Crippen LogP contribution >= 0.6 is 0 Å². The van der Waals surface area contributed by atoms with E-state index >= 15 is 0 Å². The van der Waals surface area contributed by atoms with Gasteiger partial charge < -0.3 is 15.0 Å². The molecule has 9 heteroatoms. The van der Waals surface area contributed by atoms with Crippen LogP contribution in [0.2, 0.25) is 0 Å². The number of hydrogen-bond donors (Lipinski definition) is 1. The summed E-state index contributed by atoms with van der Waals surface area (Å²) in [5.74, 6) is -0.726. The van der Waals surface area contributed by atoms with Crippen molar-refractivity contribution in [1.82, 2.24) is 30.1 Å². The van der Waals surface area contributed by atoms with Gasteiger partial charge in [-0.05, 0) is 29.8 Å². The fraction of sp³-hybridized carbons (Fsp3) is 0.360. The largest absolute Gasteiger partial charge is 0.462 e. The van der Waals surface area contributed by atoms with Crippen LogP contribution in [0.3, 0.4) is 0 Å². The Morgan fingerprint density at radius 1 is 1.09 bits per heavy atom. The van der Waals surface area contributed by atoms with Gasteiger partial charge in [-0.3, -0.25) is 14.7 Å². The Kier molecular flexibility index (Phi) is 8.11. The number of nitrogens with zero attached hydrogens (tertiary/aromatic N) is 5. The highest BCUT2D eigenvalue weighted by Crippen LogP contribution is 2.23. The van der Waals surface area contributed by atoms with Crippen molar-refractivity contribution in [2.24, 2.45) is 0 Å². The zero-order valence-corrected chi connectivity index (χ0v) is 19.3. The van der Waals surface area contributed by atoms with Gasteiger partial charge in [0.25, 0.3) is 0 Å². The lowest BCUT2D eigenvalue weighted by Crippen LogP contribution is -2.45. The molecule has 0 atom stereocenters. The normalized spacial score (nSPS) is 14.6. The summed E-state index contributed by atoms with van der Waals surface area (Å²) in [5.41, 5.74) is 2.70. The average Bonchev–Trinajstić information content (AvgIpc) is 2.85. The van der Waals surface area contributed by atoms with E-state index in [0.717, 1.165) is 43.9 Å². The van der Waals surface area contributed by atoms with E-state index in [1.807, 2.05) is 12.1 Å². The van der Waals surface area contributed by atoms with Gasteiger partial charge in [0.05, 0.1) is 12.0 Å². The molecule has 3 heterocycles. The lowest BCUT2D eigenvalue weighted by atomic mass is 10.0. The van der Waals surface area contributed by atoms with Crippen molar-refractivity contribution in [3.05, 3.63) is 72.1 Å². The van der Waals surface area contributed by atoms with Crippen LogP contribution in [0.15, 0.2) is 55.0 Å². The molecular weight excluding hydrogens is 435 g/mol. The van der Waals surface area contributed by atoms with Crippen molar-refractivity contribution in [3.63, 3.8) is 0 Å². The van der Waals surface area contributed by atoms with E-state index in [-0.39, 0.29) is 18.3 Å². The highest BCUT2D eigenvalue weighted by atomic mass is 19.1. The van der Waals surface area contributed by atoms with E-state index in [0.29, 0.717) is 24.3 Å². The number of nitrogens with one attached hydrogen (secondary N) is 1. The summed E-state index contributed by atoms with van der Waals surface area (Å²) in [4.78, 5) is 28.9. The fourth-order valence-electron chi connectivity index (χ4n) is 3.70. The lowest BCUT2D eigenvalue weighted by Gasteiger charge is -2.31. The number of hydrogen-bond acceptors (Lipinski definition) is 7. The van der Waals surface area contributed by atoms with E-state index in [4.69, 9.17) is 4.74 Å². The third-order valence-corrected chi connectivity index (χ3v) is 5.80. The molecular formula is C25H29FN6O2. The molecule has 1 fully saturated rings. The maximum absolute atomic E-state index is 14.6. The van der Waals surface area contributed by atoms with Gasteiger partial charge in [-0.1, -0.05) is 30.3 Å². The monoisotopic (exact) mass is 464 g/mol. The topological polar surface area (TPSA) is 83.5 Å². The molecule has 1 aromatic carbocycles. The van der Waals surface area contributed by atoms with E-state index < -0.39 is 5.95 Å². The van der Waals surface area contributed by atoms with Crippen molar-refractivity contribution in [2.45, 2.75) is 13.0 Å². The number of rotatable bonds is 9. The number of carbonyl (C=O) groups excluding carboxylic acids is 1. The van der Waals surface area contributed by atoms with Crippen LogP contribution in [-0.2, 0) is 17.8 Å². The number of halogens is 1. The number of benzene rings is 1. The van der Waals surface area contributed by atoms with Gasteiger partial charge in [-0.25, -0.2) is 4.98 Å². The first-order chi connectivity index (χ1) is 16.6. The average molecular weight is 465 g/mol. The molecule has 1 aliphatic rings. The number of likely N-dealkylation sites (N-methyl/N-ethyl adjacent to an activating group) is 1. The van der Waals surface area contributed by atoms with E-state index in [9.17, 15) is 9.18 Å². The van der Waals surface area contributed by atoms with Gasteiger partial charge in [0, 0.05) is 57.9 Å². The van der Waals surface area contributed by atoms with Crippen LogP contribution in [0.5, 0.6) is 6.01 Å². The van der Waals surface area contributed by atoms with Crippen molar-refractivity contribution in [2.75, 3.05) is 46.4 Å². The van der Waals surface area contributed by atoms with Crippen LogP contribution in [0.1, 0.15) is 11.1 Å². The minimum atomic E-state index is -0.633. The molecule has 2 aromatic heterocycles. The van der Waals surface area contributed by atoms with Crippen molar-refractivity contribution in [3.8, 4) is 17.1 Å². The standard InChI is InChI=1S/C25H29FN6O2/c1-31-9-11-32(12-10-31)13-14-34-25-29-18-22(24(26)30-25)21-6-4-19(5-7-21)15-23(33)28-17-20-3-2-8-27-16-20/h2-8,16,18H,9-15,17H2,1H3,(H,28,33). The third-order valence-electron chi connectivity index (χ3n) is 5.80. The molecule has 3 aromatic rings. The summed E-state index contributed by atoms with van der Waals surface area (Å²) in [5, 5.41) is 2.87. The molecule has 0 unspecified atom stereocenters. The van der Waals surface area contributed by atoms with Crippen LogP contribution in [-0.4, -0.2) is 77.0 Å². The summed E-state index contributed by atoms with van der Waals surface area (Å²) in [6.45, 7) is 5.67. The van der Waals surface area contributed by atoms with Crippen molar-refractivity contribution < 1.29 is 13.9 Å². The lowest BCUT2D eigenvalue weighted by molar-refractivity contribution is -0.120. The predicted molar refractivity (Wildman–Crippen MR) is 127 cm³/mol. The van der Waals surface area contributed by atoms with Crippen LogP contribution in [0, 0.1) is 5.95 Å². The molecule has 1 N–H and O–H groups in total. The predicted octanol–water partition coefficient (Wildman–Crippen LogP) is 2.16. The molecule has 0 saturated carbocycles. The summed E-state index contributed by atoms with van der Waals surface area (Å²) >= 11 is 0. The highest BCUT2D eigenvalue weighted by molar-refractivity contribution is 5.78. The molecule has 0 aliphatic carbocycles. The molecule has 4 rings (SSSR count). The van der Waals surface area contributed by atoms with Crippen molar-refractivity contribution in [1.29, 1.82) is 0 Å². The Morgan fingerprint density at radius 2 is 1.88 bits per heavy atom. The highest BCUT2D eigenvalue weighted by Gasteiger charge is 2.14. The molecule has 1 saturated heterocycles. The second kappa shape index (κ2) is 11.6. The zero-order chi connectivity index (χ0) is 23.8. The maximum atomic E-state index is 14.6. The number of pyridine rings is 1. The number of ether oxygens (including phenoxy) is 1. The summed E-state index contributed by atoms with van der Waals surface area (Å²) in [7, 11) is 2.11. The van der Waals surface area contributed by atoms with E-state index in [1.54, 1.807) is 36.7 Å². The molecule has 34 heavy (non-hydrogen) atoms. The Balaban J connectivity index is 1.26. The number of amides is 1. The molecule has 178 valence electrons. The van der Waals surface area contributed by atoms with Gasteiger partial charge in [-0.2, -0.15) is 9.37 Å². The zero-order valence-electron chi connectivity index (χ0n) is 19.3. The van der Waals surface area contributed by atoms with E-state index in [1.165, 1.54) is 6.20 Å². The van der Waals surface area contributed by atoms with Gasteiger partial charge >= 0.3 is 6.01 Å². The molecule has 0 bridgehead atoms. The first-order valence-corrected chi connectivity index (χ1v) is 11.4. The second-order valence-electron chi connectivity index (χ2n) is 8.36. The van der Waals surface area contributed by atoms with Gasteiger partial charge in [-0.15, -0.1) is 0 Å². The summed E-state index contributed by atoms with van der Waals surface area (Å²) in [6, 6.07) is 10.9. The summed E-state index contributed by atoms with van der Waals surface area (Å²) in [6.07, 6.45) is 5.08. The fourth-order valence-corrected chi connectivity index (χ4v) is 3.70. The minimum Gasteiger partial charge on any atom is -0.462 e. The van der Waals surface area contributed by atoms with Crippen LogP contribution < -0.4 is 10.1 Å². The number of piperazine rings is 1. The molecule has 1 amide bonds. The second-order valence-corrected chi connectivity index (χ2v) is 8.36. The number of aromatic nitrogens is 3. The van der Waals surface area contributed by atoms with Gasteiger partial charge in [0.1, 0.15) is 6.61 Å². The Hall–Kier alpha value is -3.43. The molecule has 1 aliphatic heterocycles. The van der Waals surface area contributed by atoms with Crippen LogP contribution in [0.4, 0.5) is 4.39 Å². The smallest absolute Gasteiger partial charge is 0.319 e. The van der Waals surface area contributed by atoms with E-state index in [2.05, 4.69) is 37.1 Å². The first-order valence-electron chi connectivity index (χ1n) is 11.4. The quantitative estimate of drug-likeness (QED) is 0.486. The maximum Gasteiger partial charge on any atom is 0.319 e. The SMILES string of the molecule is CN1CCN(CCOc2ncc(-c3ccc(CC(=O)NCc4cccnc4)cc3)c(F)n2)CC1. The van der Waals surface area contributed by atoms with Crippen molar-refractivity contribution >= 4 is 5.91 Å². The minimum absolute atomic E-state index is 0.0392. The van der Waals surface area contributed by atoms with Gasteiger partial charge in [0.15, 0.2) is 0 Å². The van der Waals surface area contributed by atoms with Crippen LogP contribution in [0.25, 0.3) is 11.1 Å². The third kappa shape index (κ3) is 6.79. The Morgan fingerprint density at radius 3 is 2.59 bits per heavy atom. The molecule has 8 nitrogen and oxygen atoms in total. The van der Waals surface area contributed by atoms with Gasteiger partial charge in [0.2, 0.25) is 11.9 Å². The first kappa shape index (κ1) is 23.7. The Labute approximate surface area is 198 Å². The molecule has 0 spiro atoms. The molecule has 0 radical (unpaired) electrons.